The van der Waals surface area contributed by atoms with Gasteiger partial charge >= 0.3 is 0 Å². The van der Waals surface area contributed by atoms with Crippen LogP contribution in [0.3, 0.4) is 0 Å². The lowest BCUT2D eigenvalue weighted by atomic mass is 9.65. The Bertz CT molecular complexity index is 714. The maximum atomic E-state index is 12.9. The predicted octanol–water partition coefficient (Wildman–Crippen LogP) is 1.67. The Balaban J connectivity index is 1.49. The molecule has 6 heteroatoms. The number of carbonyl (C=O) groups excluding carboxylic acids is 2. The van der Waals surface area contributed by atoms with Crippen molar-refractivity contribution in [2.75, 3.05) is 33.2 Å². The van der Waals surface area contributed by atoms with Crippen molar-refractivity contribution >= 4 is 11.8 Å². The highest BCUT2D eigenvalue weighted by Gasteiger charge is 2.64. The first-order valence-electron chi connectivity index (χ1n) is 10.1. The minimum atomic E-state index is -0.381. The second-order valence-corrected chi connectivity index (χ2v) is 8.68. The van der Waals surface area contributed by atoms with Crippen LogP contribution in [0.25, 0.3) is 0 Å². The normalized spacial score (nSPS) is 29.7. The number of likely N-dealkylation sites (tertiary alicyclic amines) is 2. The molecule has 6 nitrogen and oxygen atoms in total. The van der Waals surface area contributed by atoms with Crippen molar-refractivity contribution in [2.24, 2.45) is 16.7 Å². The standard InChI is InChI=1S/C21H30N4O2/c1-16(26)25-14-18-20(5-6-21(18,15-25)19(27)22-2)7-11-24(12-8-20)13-17-3-9-23-10-4-17/h3-4,9-10,18H,5-8,11-15H2,1-2H3,(H,22,27)/t18-,21+/m0/s1. The van der Waals surface area contributed by atoms with Gasteiger partial charge in [-0.1, -0.05) is 0 Å². The van der Waals surface area contributed by atoms with Crippen molar-refractivity contribution in [1.29, 1.82) is 0 Å². The lowest BCUT2D eigenvalue weighted by molar-refractivity contribution is -0.133. The molecule has 27 heavy (non-hydrogen) atoms. The maximum absolute atomic E-state index is 12.9. The molecule has 1 aliphatic carbocycles. The van der Waals surface area contributed by atoms with E-state index in [4.69, 9.17) is 0 Å². The van der Waals surface area contributed by atoms with E-state index >= 15 is 0 Å². The van der Waals surface area contributed by atoms with Crippen LogP contribution in [0.4, 0.5) is 0 Å². The summed E-state index contributed by atoms with van der Waals surface area (Å²) in [5.74, 6) is 0.516. The van der Waals surface area contributed by atoms with Gasteiger partial charge in [0.05, 0.1) is 5.41 Å². The van der Waals surface area contributed by atoms with Crippen molar-refractivity contribution < 1.29 is 9.59 Å². The van der Waals surface area contributed by atoms with Crippen LogP contribution in [-0.4, -0.2) is 59.8 Å². The van der Waals surface area contributed by atoms with Crippen molar-refractivity contribution in [3.63, 3.8) is 0 Å². The molecule has 0 aromatic carbocycles. The number of piperidine rings is 1. The third-order valence-corrected chi connectivity index (χ3v) is 7.48. The highest BCUT2D eigenvalue weighted by molar-refractivity contribution is 5.85. The quantitative estimate of drug-likeness (QED) is 0.879. The van der Waals surface area contributed by atoms with Crippen LogP contribution in [0.2, 0.25) is 0 Å². The summed E-state index contributed by atoms with van der Waals surface area (Å²) in [7, 11) is 1.73. The van der Waals surface area contributed by atoms with Gasteiger partial charge in [0.1, 0.15) is 0 Å². The first kappa shape index (κ1) is 18.4. The number of nitrogens with zero attached hydrogens (tertiary/aromatic N) is 3. The molecular weight excluding hydrogens is 340 g/mol. The fraction of sp³-hybridized carbons (Fsp3) is 0.667. The molecule has 1 N–H and O–H groups in total. The Morgan fingerprint density at radius 3 is 2.52 bits per heavy atom. The Hall–Kier alpha value is -1.95. The lowest BCUT2D eigenvalue weighted by Gasteiger charge is -2.44. The molecule has 1 aromatic rings. The van der Waals surface area contributed by atoms with Gasteiger partial charge in [0.15, 0.2) is 0 Å². The summed E-state index contributed by atoms with van der Waals surface area (Å²) in [5, 5.41) is 2.90. The molecule has 2 amide bonds. The number of hydrogen-bond acceptors (Lipinski definition) is 4. The molecule has 2 atom stereocenters. The van der Waals surface area contributed by atoms with Crippen molar-refractivity contribution in [2.45, 2.75) is 39.2 Å². The molecule has 2 aliphatic heterocycles. The molecule has 1 aromatic heterocycles. The van der Waals surface area contributed by atoms with Crippen LogP contribution in [0.5, 0.6) is 0 Å². The fourth-order valence-electron chi connectivity index (χ4n) is 5.92. The van der Waals surface area contributed by atoms with E-state index in [1.54, 1.807) is 14.0 Å². The Labute approximate surface area is 161 Å². The van der Waals surface area contributed by atoms with Gasteiger partial charge in [0.2, 0.25) is 11.8 Å². The van der Waals surface area contributed by atoms with Crippen LogP contribution in [0.15, 0.2) is 24.5 Å². The molecule has 0 bridgehead atoms. The number of nitrogens with one attached hydrogen (secondary N) is 1. The first-order valence-corrected chi connectivity index (χ1v) is 10.1. The van der Waals surface area contributed by atoms with E-state index in [1.165, 1.54) is 5.56 Å². The summed E-state index contributed by atoms with van der Waals surface area (Å²) in [5.41, 5.74) is 1.12. The summed E-state index contributed by atoms with van der Waals surface area (Å²) >= 11 is 0. The zero-order valence-corrected chi connectivity index (χ0v) is 16.4. The van der Waals surface area contributed by atoms with Gasteiger partial charge in [-0.05, 0) is 67.8 Å². The highest BCUT2D eigenvalue weighted by atomic mass is 16.2. The molecular formula is C21H30N4O2. The summed E-state index contributed by atoms with van der Waals surface area (Å²) in [6.07, 6.45) is 7.96. The van der Waals surface area contributed by atoms with Crippen molar-refractivity contribution in [3.8, 4) is 0 Å². The van der Waals surface area contributed by atoms with Gasteiger partial charge in [-0.25, -0.2) is 0 Å². The van der Waals surface area contributed by atoms with E-state index < -0.39 is 0 Å². The van der Waals surface area contributed by atoms with E-state index in [0.29, 0.717) is 6.54 Å². The van der Waals surface area contributed by atoms with Crippen LogP contribution < -0.4 is 5.32 Å². The molecule has 146 valence electrons. The molecule has 1 spiro atoms. The molecule has 0 radical (unpaired) electrons. The summed E-state index contributed by atoms with van der Waals surface area (Å²) in [6.45, 7) is 6.04. The Kier molecular flexibility index (Phi) is 4.70. The molecule has 0 unspecified atom stereocenters. The molecule has 4 rings (SSSR count). The summed E-state index contributed by atoms with van der Waals surface area (Å²) in [4.78, 5) is 33.4. The monoisotopic (exact) mass is 370 g/mol. The summed E-state index contributed by atoms with van der Waals surface area (Å²) in [6, 6.07) is 4.16. The number of hydrogen-bond donors (Lipinski definition) is 1. The topological polar surface area (TPSA) is 65.5 Å². The molecule has 3 fully saturated rings. The minimum absolute atomic E-state index is 0.0953. The van der Waals surface area contributed by atoms with Crippen molar-refractivity contribution in [1.82, 2.24) is 20.1 Å². The number of aromatic nitrogens is 1. The van der Waals surface area contributed by atoms with Crippen molar-refractivity contribution in [3.05, 3.63) is 30.1 Å². The number of pyridine rings is 1. The molecule has 2 saturated heterocycles. The zero-order valence-electron chi connectivity index (χ0n) is 16.4. The molecule has 3 heterocycles. The predicted molar refractivity (Wildman–Crippen MR) is 103 cm³/mol. The lowest BCUT2D eigenvalue weighted by Crippen LogP contribution is -2.48. The Morgan fingerprint density at radius 1 is 1.19 bits per heavy atom. The van der Waals surface area contributed by atoms with E-state index in [2.05, 4.69) is 27.3 Å². The number of rotatable bonds is 3. The van der Waals surface area contributed by atoms with E-state index in [9.17, 15) is 9.59 Å². The van der Waals surface area contributed by atoms with Gasteiger partial charge in [-0.3, -0.25) is 19.5 Å². The fourth-order valence-corrected chi connectivity index (χ4v) is 5.92. The average Bonchev–Trinajstić information content (AvgIpc) is 3.22. The van der Waals surface area contributed by atoms with Crippen LogP contribution in [0.1, 0.15) is 38.2 Å². The van der Waals surface area contributed by atoms with E-state index in [0.717, 1.165) is 51.9 Å². The minimum Gasteiger partial charge on any atom is -0.359 e. The molecule has 1 saturated carbocycles. The number of carbonyl (C=O) groups is 2. The van der Waals surface area contributed by atoms with Crippen LogP contribution in [-0.2, 0) is 16.1 Å². The smallest absolute Gasteiger partial charge is 0.228 e. The van der Waals surface area contributed by atoms with Crippen LogP contribution >= 0.6 is 0 Å². The van der Waals surface area contributed by atoms with E-state index in [1.807, 2.05) is 17.3 Å². The zero-order chi connectivity index (χ0) is 19.1. The average molecular weight is 370 g/mol. The SMILES string of the molecule is CNC(=O)[C@@]12CCC3(CCN(Cc4ccncc4)CC3)[C@@H]1CN(C(C)=O)C2. The second-order valence-electron chi connectivity index (χ2n) is 8.68. The van der Waals surface area contributed by atoms with E-state index in [-0.39, 0.29) is 28.6 Å². The van der Waals surface area contributed by atoms with Gasteiger partial charge in [-0.2, -0.15) is 0 Å². The molecule has 3 aliphatic rings. The third kappa shape index (κ3) is 3.04. The second kappa shape index (κ2) is 6.89. The van der Waals surface area contributed by atoms with Crippen LogP contribution in [0, 0.1) is 16.7 Å². The van der Waals surface area contributed by atoms with Gasteiger partial charge in [-0.15, -0.1) is 0 Å². The number of amides is 2. The highest BCUT2D eigenvalue weighted by Crippen LogP contribution is 2.62. The third-order valence-electron chi connectivity index (χ3n) is 7.48. The van der Waals surface area contributed by atoms with Gasteiger partial charge in [0, 0.05) is 46.0 Å². The van der Waals surface area contributed by atoms with Gasteiger partial charge < -0.3 is 10.2 Å². The number of fused-ring (bicyclic) bond motifs is 2. The summed E-state index contributed by atoms with van der Waals surface area (Å²) < 4.78 is 0. The van der Waals surface area contributed by atoms with Gasteiger partial charge in [0.25, 0.3) is 0 Å². The Morgan fingerprint density at radius 2 is 1.89 bits per heavy atom. The maximum Gasteiger partial charge on any atom is 0.228 e. The largest absolute Gasteiger partial charge is 0.359 e. The first-order chi connectivity index (χ1) is 13.0.